The number of hydrogen-bond acceptors (Lipinski definition) is 3. The molecule has 1 saturated heterocycles. The van der Waals surface area contributed by atoms with Gasteiger partial charge in [-0.3, -0.25) is 0 Å². The molecular formula is C22H26F2N2O3S. The summed E-state index contributed by atoms with van der Waals surface area (Å²) in [5.41, 5.74) is 1.88. The first kappa shape index (κ1) is 22.4. The van der Waals surface area contributed by atoms with Crippen molar-refractivity contribution in [2.24, 2.45) is 0 Å². The molecule has 3 atom stereocenters. The van der Waals surface area contributed by atoms with Crippen LogP contribution in [0.3, 0.4) is 0 Å². The van der Waals surface area contributed by atoms with Crippen molar-refractivity contribution in [3.8, 4) is 11.1 Å². The maximum absolute atomic E-state index is 14.0. The van der Waals surface area contributed by atoms with Gasteiger partial charge in [0.15, 0.2) is 0 Å². The molecule has 162 valence electrons. The molecule has 0 aromatic heterocycles. The lowest BCUT2D eigenvalue weighted by Gasteiger charge is -2.36. The van der Waals surface area contributed by atoms with E-state index < -0.39 is 22.6 Å². The monoisotopic (exact) mass is 436 g/mol. The Morgan fingerprint density at radius 3 is 2.60 bits per heavy atom. The summed E-state index contributed by atoms with van der Waals surface area (Å²) in [6, 6.07) is 10.6. The number of carbonyl (C=O) groups excluding carboxylic acids is 1. The average Bonchev–Trinajstić information content (AvgIpc) is 2.71. The van der Waals surface area contributed by atoms with E-state index in [0.717, 1.165) is 30.9 Å². The summed E-state index contributed by atoms with van der Waals surface area (Å²) < 4.78 is 46.5. The van der Waals surface area contributed by atoms with Crippen molar-refractivity contribution in [3.05, 3.63) is 59.7 Å². The number of rotatable bonds is 8. The fourth-order valence-corrected chi connectivity index (χ4v) is 4.02. The lowest BCUT2D eigenvalue weighted by atomic mass is 9.99. The maximum atomic E-state index is 14.0. The maximum Gasteiger partial charge on any atom is 0.410 e. The SMILES string of the molecule is CC(c1ccc(-c2ccc(F)cc2F)cc1)N1CCC(CCCNS(C)=O)OC1=O. The lowest BCUT2D eigenvalue weighted by Crippen LogP contribution is -2.43. The minimum Gasteiger partial charge on any atom is -0.446 e. The van der Waals surface area contributed by atoms with Gasteiger partial charge in [-0.15, -0.1) is 0 Å². The van der Waals surface area contributed by atoms with Gasteiger partial charge in [-0.2, -0.15) is 0 Å². The highest BCUT2D eigenvalue weighted by Gasteiger charge is 2.30. The van der Waals surface area contributed by atoms with Crippen LogP contribution in [-0.4, -0.2) is 40.7 Å². The van der Waals surface area contributed by atoms with E-state index in [0.29, 0.717) is 24.2 Å². The quantitative estimate of drug-likeness (QED) is 0.617. The van der Waals surface area contributed by atoms with Crippen molar-refractivity contribution < 1.29 is 22.5 Å². The minimum absolute atomic E-state index is 0.128. The van der Waals surface area contributed by atoms with Gasteiger partial charge in [-0.05, 0) is 43.0 Å². The Morgan fingerprint density at radius 1 is 1.23 bits per heavy atom. The van der Waals surface area contributed by atoms with Gasteiger partial charge in [0.2, 0.25) is 0 Å². The van der Waals surface area contributed by atoms with Gasteiger partial charge in [0.1, 0.15) is 17.7 Å². The Kier molecular flexibility index (Phi) is 7.55. The molecule has 0 spiro atoms. The minimum atomic E-state index is -1.03. The molecule has 1 heterocycles. The van der Waals surface area contributed by atoms with E-state index in [9.17, 15) is 17.8 Å². The molecule has 0 radical (unpaired) electrons. The van der Waals surface area contributed by atoms with Crippen LogP contribution in [-0.2, 0) is 15.7 Å². The highest BCUT2D eigenvalue weighted by atomic mass is 32.2. The van der Waals surface area contributed by atoms with Crippen molar-refractivity contribution in [2.75, 3.05) is 19.3 Å². The first-order valence-electron chi connectivity index (χ1n) is 9.94. The van der Waals surface area contributed by atoms with Crippen molar-refractivity contribution in [1.29, 1.82) is 0 Å². The number of nitrogens with zero attached hydrogens (tertiary/aromatic N) is 1. The zero-order valence-corrected chi connectivity index (χ0v) is 17.9. The number of halogens is 2. The lowest BCUT2D eigenvalue weighted by molar-refractivity contribution is 0.00942. The third kappa shape index (κ3) is 5.64. The fourth-order valence-electron chi connectivity index (χ4n) is 3.59. The van der Waals surface area contributed by atoms with Crippen LogP contribution in [0.1, 0.15) is 37.8 Å². The highest BCUT2D eigenvalue weighted by Crippen LogP contribution is 2.29. The van der Waals surface area contributed by atoms with E-state index >= 15 is 0 Å². The van der Waals surface area contributed by atoms with Gasteiger partial charge < -0.3 is 9.64 Å². The first-order valence-corrected chi connectivity index (χ1v) is 11.5. The standard InChI is InChI=1S/C22H26F2N2O3S/c1-15(26-13-11-19(29-22(26)27)4-3-12-25-30(2)28)16-5-7-17(8-6-16)20-10-9-18(23)14-21(20)24/h5-10,14-15,19,25H,3-4,11-13H2,1-2H3. The molecule has 5 nitrogen and oxygen atoms in total. The van der Waals surface area contributed by atoms with Crippen LogP contribution in [0.5, 0.6) is 0 Å². The van der Waals surface area contributed by atoms with Crippen LogP contribution in [0.15, 0.2) is 42.5 Å². The molecule has 3 rings (SSSR count). The normalized spacial score (nSPS) is 18.7. The van der Waals surface area contributed by atoms with Crippen LogP contribution >= 0.6 is 0 Å². The van der Waals surface area contributed by atoms with E-state index in [2.05, 4.69) is 4.72 Å². The predicted octanol–water partition coefficient (Wildman–Crippen LogP) is 4.57. The van der Waals surface area contributed by atoms with Crippen LogP contribution < -0.4 is 4.72 Å². The van der Waals surface area contributed by atoms with Crippen molar-refractivity contribution in [1.82, 2.24) is 9.62 Å². The van der Waals surface area contributed by atoms with E-state index in [1.807, 2.05) is 19.1 Å². The van der Waals surface area contributed by atoms with Crippen LogP contribution in [0.25, 0.3) is 11.1 Å². The molecule has 0 saturated carbocycles. The van der Waals surface area contributed by atoms with Crippen molar-refractivity contribution in [3.63, 3.8) is 0 Å². The van der Waals surface area contributed by atoms with Crippen molar-refractivity contribution in [2.45, 2.75) is 38.3 Å². The van der Waals surface area contributed by atoms with E-state index in [-0.39, 0.29) is 18.2 Å². The summed E-state index contributed by atoms with van der Waals surface area (Å²) in [7, 11) is -1.03. The molecule has 1 N–H and O–H groups in total. The number of ether oxygens (including phenoxy) is 1. The number of hydrogen-bond donors (Lipinski definition) is 1. The first-order chi connectivity index (χ1) is 14.3. The number of nitrogens with one attached hydrogen (secondary N) is 1. The van der Waals surface area contributed by atoms with Crippen LogP contribution in [0.2, 0.25) is 0 Å². The summed E-state index contributed by atoms with van der Waals surface area (Å²) >= 11 is 0. The fraction of sp³-hybridized carbons (Fsp3) is 0.409. The zero-order valence-electron chi connectivity index (χ0n) is 17.1. The summed E-state index contributed by atoms with van der Waals surface area (Å²) in [6.07, 6.45) is 3.37. The topological polar surface area (TPSA) is 58.6 Å². The molecule has 2 aromatic rings. The summed E-state index contributed by atoms with van der Waals surface area (Å²) in [6.45, 7) is 3.14. The van der Waals surface area contributed by atoms with Gasteiger partial charge in [0.25, 0.3) is 0 Å². The van der Waals surface area contributed by atoms with Gasteiger partial charge in [-0.1, -0.05) is 24.3 Å². The van der Waals surface area contributed by atoms with Gasteiger partial charge in [0, 0.05) is 37.4 Å². The highest BCUT2D eigenvalue weighted by molar-refractivity contribution is 7.82. The molecule has 30 heavy (non-hydrogen) atoms. The Bertz CT molecular complexity index is 908. The number of benzene rings is 2. The predicted molar refractivity (Wildman–Crippen MR) is 113 cm³/mol. The number of carbonyl (C=O) groups is 1. The Labute approximate surface area is 178 Å². The molecule has 0 bridgehead atoms. The van der Waals surface area contributed by atoms with E-state index in [4.69, 9.17) is 4.74 Å². The molecule has 1 amide bonds. The Hall–Kier alpha value is -2.32. The summed E-state index contributed by atoms with van der Waals surface area (Å²) in [5.74, 6) is -1.22. The number of cyclic esters (lactones) is 1. The number of amides is 1. The average molecular weight is 437 g/mol. The molecule has 1 aliphatic rings. The molecular weight excluding hydrogens is 410 g/mol. The van der Waals surface area contributed by atoms with Crippen LogP contribution in [0.4, 0.5) is 13.6 Å². The second-order valence-corrected chi connectivity index (χ2v) is 8.60. The van der Waals surface area contributed by atoms with Crippen molar-refractivity contribution >= 4 is 17.1 Å². The third-order valence-corrected chi connectivity index (χ3v) is 5.92. The smallest absolute Gasteiger partial charge is 0.410 e. The summed E-state index contributed by atoms with van der Waals surface area (Å²) in [5, 5.41) is 0. The largest absolute Gasteiger partial charge is 0.446 e. The zero-order chi connectivity index (χ0) is 21.7. The van der Waals surface area contributed by atoms with Gasteiger partial charge in [-0.25, -0.2) is 22.5 Å². The third-order valence-electron chi connectivity index (χ3n) is 5.30. The molecule has 3 unspecified atom stereocenters. The molecule has 1 aliphatic heterocycles. The van der Waals surface area contributed by atoms with E-state index in [1.165, 1.54) is 12.1 Å². The summed E-state index contributed by atoms with van der Waals surface area (Å²) in [4.78, 5) is 14.2. The molecule has 1 fully saturated rings. The molecule has 2 aromatic carbocycles. The second-order valence-electron chi connectivity index (χ2n) is 7.40. The van der Waals surface area contributed by atoms with Crippen LogP contribution in [0, 0.1) is 11.6 Å². The molecule has 8 heteroatoms. The Balaban J connectivity index is 1.58. The van der Waals surface area contributed by atoms with E-state index in [1.54, 1.807) is 23.3 Å². The second kappa shape index (κ2) is 10.1. The molecule has 0 aliphatic carbocycles. The van der Waals surface area contributed by atoms with Gasteiger partial charge >= 0.3 is 6.09 Å². The Morgan fingerprint density at radius 2 is 1.97 bits per heavy atom. The van der Waals surface area contributed by atoms with Gasteiger partial charge in [0.05, 0.1) is 17.0 Å².